The van der Waals surface area contributed by atoms with Gasteiger partial charge in [-0.2, -0.15) is 0 Å². The van der Waals surface area contributed by atoms with Crippen LogP contribution in [-0.2, 0) is 4.74 Å². The molecular formula is C23H28N2O2. The largest absolute Gasteiger partial charge is 0.444 e. The van der Waals surface area contributed by atoms with Crippen LogP contribution in [0.15, 0.2) is 60.7 Å². The van der Waals surface area contributed by atoms with Gasteiger partial charge in [-0.05, 0) is 38.3 Å². The third-order valence-electron chi connectivity index (χ3n) is 5.47. The summed E-state index contributed by atoms with van der Waals surface area (Å²) in [6.45, 7) is 7.40. The van der Waals surface area contributed by atoms with E-state index in [0.29, 0.717) is 6.04 Å². The molecule has 0 saturated carbocycles. The number of carbonyl (C=O) groups excluding carboxylic acids is 1. The maximum Gasteiger partial charge on any atom is 0.410 e. The minimum absolute atomic E-state index is 0.175. The fourth-order valence-electron chi connectivity index (χ4n) is 4.40. The maximum absolute atomic E-state index is 12.6. The Labute approximate surface area is 161 Å². The van der Waals surface area contributed by atoms with Gasteiger partial charge in [0.25, 0.3) is 0 Å². The molecule has 2 saturated heterocycles. The number of rotatable bonds is 3. The summed E-state index contributed by atoms with van der Waals surface area (Å²) in [6, 6.07) is 22.2. The van der Waals surface area contributed by atoms with E-state index in [1.807, 2.05) is 25.7 Å². The molecule has 2 aliphatic heterocycles. The summed E-state index contributed by atoms with van der Waals surface area (Å²) in [4.78, 5) is 17.0. The van der Waals surface area contributed by atoms with Crippen molar-refractivity contribution < 1.29 is 9.53 Å². The highest BCUT2D eigenvalue weighted by Crippen LogP contribution is 2.40. The van der Waals surface area contributed by atoms with Gasteiger partial charge in [0, 0.05) is 25.2 Å². The van der Waals surface area contributed by atoms with Crippen LogP contribution >= 0.6 is 0 Å². The highest BCUT2D eigenvalue weighted by molar-refractivity contribution is 5.69. The predicted octanol–water partition coefficient (Wildman–Crippen LogP) is 4.47. The zero-order valence-electron chi connectivity index (χ0n) is 16.3. The molecule has 2 atom stereocenters. The summed E-state index contributed by atoms with van der Waals surface area (Å²) in [6.07, 6.45) is 0.848. The van der Waals surface area contributed by atoms with Gasteiger partial charge in [0.1, 0.15) is 5.60 Å². The predicted molar refractivity (Wildman–Crippen MR) is 107 cm³/mol. The number of hydrogen-bond donors (Lipinski definition) is 0. The first-order chi connectivity index (χ1) is 12.9. The molecule has 2 aliphatic rings. The molecule has 2 fully saturated rings. The smallest absolute Gasteiger partial charge is 0.410 e. The van der Waals surface area contributed by atoms with Crippen molar-refractivity contribution >= 4 is 6.09 Å². The fourth-order valence-corrected chi connectivity index (χ4v) is 4.40. The molecule has 0 N–H and O–H groups in total. The van der Waals surface area contributed by atoms with Crippen LogP contribution in [0.5, 0.6) is 0 Å². The SMILES string of the molecule is CC(C)(C)OC(=O)N1C[C@@H]2C[C@H]1CN2C(c1ccccc1)c1ccccc1. The molecule has 0 spiro atoms. The van der Waals surface area contributed by atoms with Crippen molar-refractivity contribution in [3.63, 3.8) is 0 Å². The average Bonchev–Trinajstić information content (AvgIpc) is 3.23. The van der Waals surface area contributed by atoms with E-state index in [2.05, 4.69) is 65.6 Å². The normalized spacial score (nSPS) is 22.4. The van der Waals surface area contributed by atoms with E-state index in [1.165, 1.54) is 11.1 Å². The van der Waals surface area contributed by atoms with E-state index >= 15 is 0 Å². The molecule has 0 aromatic heterocycles. The number of hydrogen-bond acceptors (Lipinski definition) is 3. The quantitative estimate of drug-likeness (QED) is 0.806. The van der Waals surface area contributed by atoms with E-state index in [1.54, 1.807) is 0 Å². The number of amides is 1. The van der Waals surface area contributed by atoms with Crippen molar-refractivity contribution in [3.8, 4) is 0 Å². The molecule has 4 rings (SSSR count). The number of nitrogens with zero attached hydrogens (tertiary/aromatic N) is 2. The Morgan fingerprint density at radius 2 is 1.48 bits per heavy atom. The fraction of sp³-hybridized carbons (Fsp3) is 0.435. The lowest BCUT2D eigenvalue weighted by molar-refractivity contribution is 0.0105. The van der Waals surface area contributed by atoms with E-state index in [4.69, 9.17) is 4.74 Å². The second kappa shape index (κ2) is 7.01. The summed E-state index contributed by atoms with van der Waals surface area (Å²) >= 11 is 0. The number of ether oxygens (including phenoxy) is 1. The monoisotopic (exact) mass is 364 g/mol. The molecule has 2 aromatic carbocycles. The van der Waals surface area contributed by atoms with Crippen molar-refractivity contribution in [3.05, 3.63) is 71.8 Å². The van der Waals surface area contributed by atoms with Crippen molar-refractivity contribution in [2.45, 2.75) is 50.9 Å². The lowest BCUT2D eigenvalue weighted by Crippen LogP contribution is -2.51. The topological polar surface area (TPSA) is 32.8 Å². The molecule has 2 bridgehead atoms. The molecule has 0 radical (unpaired) electrons. The molecule has 4 heteroatoms. The highest BCUT2D eigenvalue weighted by atomic mass is 16.6. The van der Waals surface area contributed by atoms with Crippen LogP contribution in [0.3, 0.4) is 0 Å². The first-order valence-electron chi connectivity index (χ1n) is 9.77. The third kappa shape index (κ3) is 3.72. The van der Waals surface area contributed by atoms with Gasteiger partial charge >= 0.3 is 6.09 Å². The van der Waals surface area contributed by atoms with Gasteiger partial charge in [-0.1, -0.05) is 60.7 Å². The Morgan fingerprint density at radius 1 is 0.926 bits per heavy atom. The third-order valence-corrected chi connectivity index (χ3v) is 5.47. The molecule has 1 amide bonds. The molecule has 0 unspecified atom stereocenters. The average molecular weight is 364 g/mol. The molecular weight excluding hydrogens is 336 g/mol. The van der Waals surface area contributed by atoms with E-state index in [9.17, 15) is 4.79 Å². The zero-order chi connectivity index (χ0) is 19.0. The molecule has 4 nitrogen and oxygen atoms in total. The van der Waals surface area contributed by atoms with Gasteiger partial charge in [-0.3, -0.25) is 4.90 Å². The van der Waals surface area contributed by atoms with E-state index < -0.39 is 5.60 Å². The number of fused-ring (bicyclic) bond motifs is 2. The summed E-state index contributed by atoms with van der Waals surface area (Å²) in [5, 5.41) is 0. The second-order valence-corrected chi connectivity index (χ2v) is 8.60. The van der Waals surface area contributed by atoms with Crippen LogP contribution in [0.4, 0.5) is 4.79 Å². The minimum Gasteiger partial charge on any atom is -0.444 e. The van der Waals surface area contributed by atoms with Crippen LogP contribution in [0.1, 0.15) is 44.4 Å². The van der Waals surface area contributed by atoms with Crippen LogP contribution in [0.25, 0.3) is 0 Å². The van der Waals surface area contributed by atoms with Crippen LogP contribution < -0.4 is 0 Å². The molecule has 142 valence electrons. The Balaban J connectivity index is 1.56. The molecule has 2 aromatic rings. The van der Waals surface area contributed by atoms with Crippen LogP contribution in [0.2, 0.25) is 0 Å². The van der Waals surface area contributed by atoms with Crippen molar-refractivity contribution in [1.82, 2.24) is 9.80 Å². The van der Waals surface area contributed by atoms with Gasteiger partial charge in [-0.25, -0.2) is 4.79 Å². The Bertz CT molecular complexity index is 746. The van der Waals surface area contributed by atoms with E-state index in [0.717, 1.165) is 19.5 Å². The first-order valence-corrected chi connectivity index (χ1v) is 9.77. The minimum atomic E-state index is -0.449. The van der Waals surface area contributed by atoms with Crippen LogP contribution in [0, 0.1) is 0 Å². The zero-order valence-corrected chi connectivity index (χ0v) is 16.3. The molecule has 0 aliphatic carbocycles. The van der Waals surface area contributed by atoms with Crippen molar-refractivity contribution in [1.29, 1.82) is 0 Å². The molecule has 27 heavy (non-hydrogen) atoms. The summed E-state index contributed by atoms with van der Waals surface area (Å²) in [7, 11) is 0. The number of carbonyl (C=O) groups is 1. The Kier molecular flexibility index (Phi) is 4.68. The van der Waals surface area contributed by atoms with Gasteiger partial charge in [-0.15, -0.1) is 0 Å². The van der Waals surface area contributed by atoms with Crippen molar-refractivity contribution in [2.75, 3.05) is 13.1 Å². The second-order valence-electron chi connectivity index (χ2n) is 8.60. The maximum atomic E-state index is 12.6. The van der Waals surface area contributed by atoms with Crippen LogP contribution in [-0.4, -0.2) is 46.7 Å². The Hall–Kier alpha value is -2.33. The van der Waals surface area contributed by atoms with Gasteiger partial charge in [0.2, 0.25) is 0 Å². The van der Waals surface area contributed by atoms with E-state index in [-0.39, 0.29) is 18.2 Å². The van der Waals surface area contributed by atoms with Gasteiger partial charge < -0.3 is 9.64 Å². The summed E-state index contributed by atoms with van der Waals surface area (Å²) in [5.41, 5.74) is 2.16. The standard InChI is InChI=1S/C23H28N2O2/c1-23(2,3)27-22(26)25-16-19-14-20(25)15-24(19)21(17-10-6-4-7-11-17)18-12-8-5-9-13-18/h4-13,19-21H,14-16H2,1-3H3/t19-,20-/m0/s1. The number of likely N-dealkylation sites (tertiary alicyclic amines) is 2. The van der Waals surface area contributed by atoms with Gasteiger partial charge in [0.05, 0.1) is 6.04 Å². The number of benzene rings is 2. The summed E-state index contributed by atoms with van der Waals surface area (Å²) in [5.74, 6) is 0. The van der Waals surface area contributed by atoms with Gasteiger partial charge in [0.15, 0.2) is 0 Å². The highest BCUT2D eigenvalue weighted by Gasteiger charge is 2.48. The lowest BCUT2D eigenvalue weighted by Gasteiger charge is -2.39. The lowest BCUT2D eigenvalue weighted by atomic mass is 9.96. The Morgan fingerprint density at radius 3 is 1.93 bits per heavy atom. The summed E-state index contributed by atoms with van der Waals surface area (Å²) < 4.78 is 5.61. The van der Waals surface area contributed by atoms with Crippen molar-refractivity contribution in [2.24, 2.45) is 0 Å². The number of piperazine rings is 1. The molecule has 2 heterocycles. The first kappa shape index (κ1) is 18.1.